The number of hydrogen-bond donors (Lipinski definition) is 1. The van der Waals surface area contributed by atoms with Gasteiger partial charge in [0.25, 0.3) is 0 Å². The van der Waals surface area contributed by atoms with Gasteiger partial charge < -0.3 is 20.1 Å². The molecule has 1 fully saturated rings. The van der Waals surface area contributed by atoms with E-state index in [4.69, 9.17) is 0 Å². The van der Waals surface area contributed by atoms with E-state index in [9.17, 15) is 15.2 Å². The predicted octanol–water partition coefficient (Wildman–Crippen LogP) is 0.289. The second kappa shape index (κ2) is 4.09. The minimum Gasteiger partial charge on any atom is -0.393 e. The van der Waals surface area contributed by atoms with Gasteiger partial charge in [0.1, 0.15) is 0 Å². The van der Waals surface area contributed by atoms with E-state index >= 15 is 0 Å². The van der Waals surface area contributed by atoms with Crippen molar-refractivity contribution in [1.82, 2.24) is 9.55 Å². The predicted molar refractivity (Wildman–Crippen MR) is 57.3 cm³/mol. The molecule has 2 heterocycles. The molecule has 2 rings (SSSR count). The quantitative estimate of drug-likeness (QED) is 0.578. The van der Waals surface area contributed by atoms with Crippen LogP contribution in [0.3, 0.4) is 0 Å². The molecule has 1 aromatic heterocycles. The fraction of sp³-hybridized carbons (Fsp3) is 0.667. The zero-order valence-corrected chi connectivity index (χ0v) is 9.04. The number of aromatic nitrogens is 2. The lowest BCUT2D eigenvalue weighted by Gasteiger charge is -2.30. The van der Waals surface area contributed by atoms with Crippen molar-refractivity contribution in [3.05, 3.63) is 16.4 Å². The van der Waals surface area contributed by atoms with Crippen molar-refractivity contribution in [2.24, 2.45) is 7.05 Å². The fourth-order valence-electron chi connectivity index (χ4n) is 1.98. The van der Waals surface area contributed by atoms with Crippen molar-refractivity contribution in [3.8, 4) is 0 Å². The summed E-state index contributed by atoms with van der Waals surface area (Å²) in [6.45, 7) is 1.25. The zero-order valence-electron chi connectivity index (χ0n) is 9.04. The van der Waals surface area contributed by atoms with Crippen LogP contribution in [0.25, 0.3) is 0 Å². The number of hydrogen-bond acceptors (Lipinski definition) is 5. The smallest absolute Gasteiger partial charge is 0.393 e. The Labute approximate surface area is 92.5 Å². The third-order valence-corrected chi connectivity index (χ3v) is 2.82. The first-order valence-corrected chi connectivity index (χ1v) is 5.18. The molecule has 0 aromatic carbocycles. The molecule has 88 valence electrons. The van der Waals surface area contributed by atoms with Gasteiger partial charge >= 0.3 is 5.82 Å². The number of piperidine rings is 1. The van der Waals surface area contributed by atoms with Crippen LogP contribution in [0, 0.1) is 10.1 Å². The first-order chi connectivity index (χ1) is 7.59. The molecule has 1 aromatic rings. The van der Waals surface area contributed by atoms with Crippen LogP contribution in [0.1, 0.15) is 12.8 Å². The summed E-state index contributed by atoms with van der Waals surface area (Å²) in [6.07, 6.45) is 2.44. The van der Waals surface area contributed by atoms with Crippen molar-refractivity contribution < 1.29 is 10.0 Å². The molecule has 16 heavy (non-hydrogen) atoms. The number of imidazole rings is 1. The number of aliphatic hydroxyl groups is 1. The molecule has 0 amide bonds. The number of anilines is 1. The van der Waals surface area contributed by atoms with E-state index in [0.29, 0.717) is 31.7 Å². The Hall–Kier alpha value is -1.63. The second-order valence-electron chi connectivity index (χ2n) is 3.98. The molecule has 1 N–H and O–H groups in total. The molecule has 1 aliphatic rings. The molecule has 0 bridgehead atoms. The summed E-state index contributed by atoms with van der Waals surface area (Å²) in [5, 5.41) is 20.2. The summed E-state index contributed by atoms with van der Waals surface area (Å²) in [4.78, 5) is 16.0. The molecule has 7 nitrogen and oxygen atoms in total. The molecule has 1 saturated heterocycles. The molecule has 0 aliphatic carbocycles. The van der Waals surface area contributed by atoms with Crippen LogP contribution in [0.4, 0.5) is 11.6 Å². The first kappa shape index (κ1) is 10.9. The van der Waals surface area contributed by atoms with Crippen molar-refractivity contribution in [2.75, 3.05) is 18.0 Å². The second-order valence-corrected chi connectivity index (χ2v) is 3.98. The summed E-state index contributed by atoms with van der Waals surface area (Å²) >= 11 is 0. The molecule has 0 unspecified atom stereocenters. The van der Waals surface area contributed by atoms with Crippen LogP contribution in [-0.4, -0.2) is 38.8 Å². The Morgan fingerprint density at radius 2 is 2.19 bits per heavy atom. The number of nitro groups is 1. The van der Waals surface area contributed by atoms with Gasteiger partial charge in [-0.3, -0.25) is 4.57 Å². The molecule has 0 atom stereocenters. The topological polar surface area (TPSA) is 84.4 Å². The highest BCUT2D eigenvalue weighted by molar-refractivity contribution is 5.54. The van der Waals surface area contributed by atoms with Gasteiger partial charge in [0.15, 0.2) is 0 Å². The number of aryl methyl sites for hydroxylation is 1. The van der Waals surface area contributed by atoms with Gasteiger partial charge in [-0.25, -0.2) is 0 Å². The van der Waals surface area contributed by atoms with Crippen LogP contribution >= 0.6 is 0 Å². The Bertz CT molecular complexity index is 395. The fourth-order valence-corrected chi connectivity index (χ4v) is 1.98. The van der Waals surface area contributed by atoms with Crippen LogP contribution < -0.4 is 4.90 Å². The Morgan fingerprint density at radius 3 is 2.75 bits per heavy atom. The van der Waals surface area contributed by atoms with Crippen LogP contribution in [0.2, 0.25) is 0 Å². The van der Waals surface area contributed by atoms with E-state index in [1.807, 2.05) is 4.90 Å². The maximum Gasteiger partial charge on any atom is 0.406 e. The van der Waals surface area contributed by atoms with Gasteiger partial charge in [-0.1, -0.05) is 0 Å². The van der Waals surface area contributed by atoms with Gasteiger partial charge in [0, 0.05) is 20.1 Å². The van der Waals surface area contributed by atoms with Crippen LogP contribution in [-0.2, 0) is 7.05 Å². The maximum atomic E-state index is 10.8. The van der Waals surface area contributed by atoms with E-state index in [1.54, 1.807) is 11.6 Å². The third-order valence-electron chi connectivity index (χ3n) is 2.82. The minimum atomic E-state index is -0.472. The largest absolute Gasteiger partial charge is 0.406 e. The third kappa shape index (κ3) is 1.85. The summed E-state index contributed by atoms with van der Waals surface area (Å²) in [5.41, 5.74) is 0. The lowest BCUT2D eigenvalue weighted by Crippen LogP contribution is -2.37. The lowest BCUT2D eigenvalue weighted by molar-refractivity contribution is -0.388. The van der Waals surface area contributed by atoms with Gasteiger partial charge in [0.2, 0.25) is 12.1 Å². The van der Waals surface area contributed by atoms with Crippen molar-refractivity contribution in [3.63, 3.8) is 0 Å². The Kier molecular flexibility index (Phi) is 2.78. The van der Waals surface area contributed by atoms with Crippen LogP contribution in [0.5, 0.6) is 0 Å². The zero-order chi connectivity index (χ0) is 11.7. The highest BCUT2D eigenvalue weighted by atomic mass is 16.6. The number of aliphatic hydroxyl groups excluding tert-OH is 1. The molecule has 0 radical (unpaired) electrons. The highest BCUT2D eigenvalue weighted by Crippen LogP contribution is 2.28. The molecular formula is C9H14N4O3. The Morgan fingerprint density at radius 1 is 1.56 bits per heavy atom. The molecule has 1 aliphatic heterocycles. The van der Waals surface area contributed by atoms with E-state index < -0.39 is 4.92 Å². The minimum absolute atomic E-state index is 0.112. The highest BCUT2D eigenvalue weighted by Gasteiger charge is 2.28. The molecule has 0 spiro atoms. The lowest BCUT2D eigenvalue weighted by atomic mass is 10.1. The average molecular weight is 226 g/mol. The van der Waals surface area contributed by atoms with Crippen molar-refractivity contribution in [2.45, 2.75) is 18.9 Å². The molecule has 7 heteroatoms. The van der Waals surface area contributed by atoms with Crippen LogP contribution in [0.15, 0.2) is 6.33 Å². The standard InChI is InChI=1S/C9H14N4O3/c1-11-6-10-8(13(15)16)9(11)12-4-2-7(14)3-5-12/h6-7,14H,2-5H2,1H3. The molecule has 0 saturated carbocycles. The van der Waals surface area contributed by atoms with Gasteiger partial charge in [-0.2, -0.15) is 0 Å². The molecular weight excluding hydrogens is 212 g/mol. The number of nitrogens with zero attached hydrogens (tertiary/aromatic N) is 4. The maximum absolute atomic E-state index is 10.8. The van der Waals surface area contributed by atoms with E-state index in [-0.39, 0.29) is 11.9 Å². The van der Waals surface area contributed by atoms with Gasteiger partial charge in [-0.05, 0) is 22.7 Å². The first-order valence-electron chi connectivity index (χ1n) is 5.18. The summed E-state index contributed by atoms with van der Waals surface area (Å²) < 4.78 is 1.65. The van der Waals surface area contributed by atoms with Gasteiger partial charge in [-0.15, -0.1) is 0 Å². The van der Waals surface area contributed by atoms with Crippen molar-refractivity contribution in [1.29, 1.82) is 0 Å². The summed E-state index contributed by atoms with van der Waals surface area (Å²) in [6, 6.07) is 0. The average Bonchev–Trinajstić information content (AvgIpc) is 2.62. The van der Waals surface area contributed by atoms with E-state index in [1.165, 1.54) is 6.33 Å². The number of rotatable bonds is 2. The summed E-state index contributed by atoms with van der Waals surface area (Å²) in [5.74, 6) is 0.413. The SMILES string of the molecule is Cn1cnc([N+](=O)[O-])c1N1CCC(O)CC1. The van der Waals surface area contributed by atoms with Gasteiger partial charge in [0.05, 0.1) is 6.10 Å². The normalized spacial score (nSPS) is 17.8. The van der Waals surface area contributed by atoms with E-state index in [0.717, 1.165) is 0 Å². The summed E-state index contributed by atoms with van der Waals surface area (Å²) in [7, 11) is 1.74. The van der Waals surface area contributed by atoms with E-state index in [2.05, 4.69) is 4.98 Å². The van der Waals surface area contributed by atoms with Crippen molar-refractivity contribution >= 4 is 11.6 Å². The monoisotopic (exact) mass is 226 g/mol. The Balaban J connectivity index is 2.25.